The van der Waals surface area contributed by atoms with Crippen LogP contribution >= 0.6 is 15.9 Å². The number of nitrogens with zero attached hydrogens (tertiary/aromatic N) is 3. The number of para-hydroxylation sites is 1. The fraction of sp³-hybridized carbons (Fsp3) is 0.167. The number of hydrogen-bond donors (Lipinski definition) is 1. The van der Waals surface area contributed by atoms with Crippen LogP contribution in [0.3, 0.4) is 0 Å². The smallest absolute Gasteiger partial charge is 0.146 e. The summed E-state index contributed by atoms with van der Waals surface area (Å²) in [5.41, 5.74) is 7.79. The van der Waals surface area contributed by atoms with Crippen molar-refractivity contribution in [3.8, 4) is 0 Å². The zero-order valence-corrected chi connectivity index (χ0v) is 11.1. The molecular formula is C12H13BrN4. The van der Waals surface area contributed by atoms with Crippen LogP contribution in [0, 0.1) is 0 Å². The lowest BCUT2D eigenvalue weighted by atomic mass is 10.2. The van der Waals surface area contributed by atoms with Crippen LogP contribution in [0.25, 0.3) is 0 Å². The molecule has 0 atom stereocenters. The predicted octanol–water partition coefficient (Wildman–Crippen LogP) is 2.46. The lowest BCUT2D eigenvalue weighted by Gasteiger charge is -2.19. The Labute approximate surface area is 109 Å². The van der Waals surface area contributed by atoms with E-state index in [-0.39, 0.29) is 0 Å². The van der Waals surface area contributed by atoms with Gasteiger partial charge in [-0.3, -0.25) is 0 Å². The minimum absolute atomic E-state index is 0.711. The molecule has 2 rings (SSSR count). The van der Waals surface area contributed by atoms with E-state index in [0.29, 0.717) is 6.54 Å². The highest BCUT2D eigenvalue weighted by molar-refractivity contribution is 9.10. The SMILES string of the molecule is CN(Cc1ccccc1N)c1ncncc1Br. The minimum atomic E-state index is 0.711. The van der Waals surface area contributed by atoms with Gasteiger partial charge in [-0.25, -0.2) is 9.97 Å². The van der Waals surface area contributed by atoms with E-state index >= 15 is 0 Å². The molecule has 2 N–H and O–H groups in total. The first-order valence-electron chi connectivity index (χ1n) is 5.18. The predicted molar refractivity (Wildman–Crippen MR) is 72.7 cm³/mol. The van der Waals surface area contributed by atoms with E-state index in [0.717, 1.165) is 21.5 Å². The minimum Gasteiger partial charge on any atom is -0.398 e. The summed E-state index contributed by atoms with van der Waals surface area (Å²) in [7, 11) is 1.97. The molecule has 88 valence electrons. The Hall–Kier alpha value is -1.62. The zero-order chi connectivity index (χ0) is 12.3. The van der Waals surface area contributed by atoms with E-state index in [2.05, 4.69) is 25.9 Å². The van der Waals surface area contributed by atoms with Crippen LogP contribution in [-0.2, 0) is 6.54 Å². The second-order valence-corrected chi connectivity index (χ2v) is 4.60. The van der Waals surface area contributed by atoms with Crippen LogP contribution in [-0.4, -0.2) is 17.0 Å². The molecule has 0 radical (unpaired) electrons. The van der Waals surface area contributed by atoms with Crippen LogP contribution in [0.5, 0.6) is 0 Å². The molecule has 1 aromatic carbocycles. The van der Waals surface area contributed by atoms with Crippen molar-refractivity contribution in [1.82, 2.24) is 9.97 Å². The van der Waals surface area contributed by atoms with Crippen LogP contribution in [0.1, 0.15) is 5.56 Å². The van der Waals surface area contributed by atoms with Gasteiger partial charge in [0.15, 0.2) is 0 Å². The lowest BCUT2D eigenvalue weighted by Crippen LogP contribution is -2.19. The second kappa shape index (κ2) is 5.14. The fourth-order valence-corrected chi connectivity index (χ4v) is 2.12. The molecule has 0 aliphatic carbocycles. The molecule has 0 aliphatic rings. The number of halogens is 1. The number of anilines is 2. The average molecular weight is 293 g/mol. The molecule has 4 nitrogen and oxygen atoms in total. The Bertz CT molecular complexity index is 515. The van der Waals surface area contributed by atoms with Crippen molar-refractivity contribution in [2.24, 2.45) is 0 Å². The molecule has 0 spiro atoms. The highest BCUT2D eigenvalue weighted by Gasteiger charge is 2.08. The van der Waals surface area contributed by atoms with Gasteiger partial charge in [0.05, 0.1) is 4.47 Å². The van der Waals surface area contributed by atoms with Gasteiger partial charge in [0.2, 0.25) is 0 Å². The topological polar surface area (TPSA) is 55.0 Å². The number of rotatable bonds is 3. The molecule has 0 amide bonds. The Morgan fingerprint density at radius 1 is 1.35 bits per heavy atom. The Kier molecular flexibility index (Phi) is 3.58. The maximum atomic E-state index is 5.91. The van der Waals surface area contributed by atoms with Crippen molar-refractivity contribution in [3.05, 3.63) is 46.8 Å². The number of benzene rings is 1. The first-order chi connectivity index (χ1) is 8.18. The number of nitrogen functional groups attached to an aromatic ring is 1. The molecule has 2 aromatic rings. The molecule has 0 bridgehead atoms. The molecule has 0 fully saturated rings. The number of hydrogen-bond acceptors (Lipinski definition) is 4. The van der Waals surface area contributed by atoms with E-state index in [1.807, 2.05) is 36.2 Å². The molecule has 0 saturated carbocycles. The molecule has 0 unspecified atom stereocenters. The van der Waals surface area contributed by atoms with Crippen molar-refractivity contribution in [1.29, 1.82) is 0 Å². The van der Waals surface area contributed by atoms with E-state index in [4.69, 9.17) is 5.73 Å². The third-order valence-corrected chi connectivity index (χ3v) is 3.03. The monoisotopic (exact) mass is 292 g/mol. The summed E-state index contributed by atoms with van der Waals surface area (Å²) in [4.78, 5) is 10.2. The quantitative estimate of drug-likeness (QED) is 0.883. The van der Waals surface area contributed by atoms with Gasteiger partial charge in [-0.1, -0.05) is 18.2 Å². The van der Waals surface area contributed by atoms with Crippen LogP contribution in [0.15, 0.2) is 41.3 Å². The fourth-order valence-electron chi connectivity index (χ4n) is 1.60. The highest BCUT2D eigenvalue weighted by atomic mass is 79.9. The summed E-state index contributed by atoms with van der Waals surface area (Å²) in [6.45, 7) is 0.711. The van der Waals surface area contributed by atoms with Crippen molar-refractivity contribution in [2.45, 2.75) is 6.54 Å². The van der Waals surface area contributed by atoms with Gasteiger partial charge in [-0.2, -0.15) is 0 Å². The van der Waals surface area contributed by atoms with Crippen molar-refractivity contribution in [2.75, 3.05) is 17.7 Å². The third-order valence-electron chi connectivity index (χ3n) is 2.47. The Morgan fingerprint density at radius 3 is 2.82 bits per heavy atom. The summed E-state index contributed by atoms with van der Waals surface area (Å²) in [5, 5.41) is 0. The molecule has 5 heteroatoms. The normalized spacial score (nSPS) is 10.2. The summed E-state index contributed by atoms with van der Waals surface area (Å²) in [6.07, 6.45) is 3.26. The molecule has 17 heavy (non-hydrogen) atoms. The molecule has 0 aliphatic heterocycles. The van der Waals surface area contributed by atoms with Crippen molar-refractivity contribution < 1.29 is 0 Å². The maximum Gasteiger partial charge on any atom is 0.146 e. The van der Waals surface area contributed by atoms with Gasteiger partial charge in [-0.05, 0) is 27.6 Å². The lowest BCUT2D eigenvalue weighted by molar-refractivity contribution is 0.888. The Morgan fingerprint density at radius 2 is 2.12 bits per heavy atom. The van der Waals surface area contributed by atoms with E-state index in [9.17, 15) is 0 Å². The first kappa shape index (κ1) is 11.9. The summed E-state index contributed by atoms with van der Waals surface area (Å²) in [6, 6.07) is 7.83. The van der Waals surface area contributed by atoms with Gasteiger partial charge >= 0.3 is 0 Å². The largest absolute Gasteiger partial charge is 0.398 e. The van der Waals surface area contributed by atoms with Gasteiger partial charge in [0.25, 0.3) is 0 Å². The number of aromatic nitrogens is 2. The molecular weight excluding hydrogens is 280 g/mol. The van der Waals surface area contributed by atoms with Crippen molar-refractivity contribution in [3.63, 3.8) is 0 Å². The van der Waals surface area contributed by atoms with Gasteiger partial charge in [0, 0.05) is 25.5 Å². The molecule has 1 heterocycles. The second-order valence-electron chi connectivity index (χ2n) is 3.75. The van der Waals surface area contributed by atoms with Crippen molar-refractivity contribution >= 4 is 27.4 Å². The third kappa shape index (κ3) is 2.74. The molecule has 0 saturated heterocycles. The zero-order valence-electron chi connectivity index (χ0n) is 9.47. The number of nitrogens with two attached hydrogens (primary N) is 1. The van der Waals surface area contributed by atoms with Crippen LogP contribution < -0.4 is 10.6 Å². The standard InChI is InChI=1S/C12H13BrN4/c1-17(12-10(13)6-15-8-16-12)7-9-4-2-3-5-11(9)14/h2-6,8H,7,14H2,1H3. The maximum absolute atomic E-state index is 5.91. The average Bonchev–Trinajstić information content (AvgIpc) is 2.32. The van der Waals surface area contributed by atoms with Gasteiger partial charge in [0.1, 0.15) is 12.1 Å². The van der Waals surface area contributed by atoms with E-state index in [1.54, 1.807) is 6.20 Å². The highest BCUT2D eigenvalue weighted by Crippen LogP contribution is 2.23. The summed E-state index contributed by atoms with van der Waals surface area (Å²) in [5.74, 6) is 0.850. The van der Waals surface area contributed by atoms with Crippen LogP contribution in [0.2, 0.25) is 0 Å². The Balaban J connectivity index is 2.20. The summed E-state index contributed by atoms with van der Waals surface area (Å²) >= 11 is 3.43. The van der Waals surface area contributed by atoms with Gasteiger partial charge in [-0.15, -0.1) is 0 Å². The summed E-state index contributed by atoms with van der Waals surface area (Å²) < 4.78 is 0.872. The van der Waals surface area contributed by atoms with Crippen LogP contribution in [0.4, 0.5) is 11.5 Å². The van der Waals surface area contributed by atoms with E-state index in [1.165, 1.54) is 6.33 Å². The van der Waals surface area contributed by atoms with Gasteiger partial charge < -0.3 is 10.6 Å². The first-order valence-corrected chi connectivity index (χ1v) is 5.98. The molecule has 1 aromatic heterocycles. The van der Waals surface area contributed by atoms with E-state index < -0.39 is 0 Å².